The molecule has 0 amide bonds. The van der Waals surface area contributed by atoms with E-state index in [9.17, 15) is 0 Å². The quantitative estimate of drug-likeness (QED) is 0.541. The van der Waals surface area contributed by atoms with E-state index in [0.717, 1.165) is 20.3 Å². The number of hydrogen-bond donors (Lipinski definition) is 0. The monoisotopic (exact) mass is 187 g/mol. The van der Waals surface area contributed by atoms with E-state index in [2.05, 4.69) is 21.2 Å². The maximum absolute atomic E-state index is 4.28. The van der Waals surface area contributed by atoms with Gasteiger partial charge in [-0.15, -0.1) is 11.3 Å². The predicted octanol–water partition coefficient (Wildman–Crippen LogP) is 2.24. The van der Waals surface area contributed by atoms with Crippen molar-refractivity contribution in [3.63, 3.8) is 0 Å². The van der Waals surface area contributed by atoms with Gasteiger partial charge in [0.25, 0.3) is 0 Å². The van der Waals surface area contributed by atoms with E-state index in [-0.39, 0.29) is 0 Å². The molecule has 0 N–H and O–H groups in total. The zero-order valence-electron chi connectivity index (χ0n) is 6.64. The van der Waals surface area contributed by atoms with E-state index >= 15 is 0 Å². The lowest BCUT2D eigenvalue weighted by molar-refractivity contribution is 1.05. The number of thiophene rings is 1. The van der Waals surface area contributed by atoms with Crippen molar-refractivity contribution in [3.05, 3.63) is 30.7 Å². The van der Waals surface area contributed by atoms with Crippen LogP contribution in [-0.2, 0) is 0 Å². The molecule has 4 heteroatoms. The number of hydrogen-bond acceptors (Lipinski definition) is 4. The van der Waals surface area contributed by atoms with Gasteiger partial charge in [-0.1, -0.05) is 0 Å². The summed E-state index contributed by atoms with van der Waals surface area (Å²) in [6.45, 7) is 0. The number of rotatable bonds is 0. The SMILES string of the molecule is c1cnc2sc3cnncc3c2c1. The molecule has 0 saturated carbocycles. The Labute approximate surface area is 78.1 Å². The van der Waals surface area contributed by atoms with E-state index in [1.807, 2.05) is 6.07 Å². The Morgan fingerprint density at radius 1 is 1.08 bits per heavy atom. The summed E-state index contributed by atoms with van der Waals surface area (Å²) in [7, 11) is 0. The molecule has 0 aromatic carbocycles. The average molecular weight is 187 g/mol. The van der Waals surface area contributed by atoms with Crippen LogP contribution in [0.25, 0.3) is 20.3 Å². The molecular weight excluding hydrogens is 182 g/mol. The van der Waals surface area contributed by atoms with Crippen molar-refractivity contribution in [2.45, 2.75) is 0 Å². The van der Waals surface area contributed by atoms with Crippen LogP contribution in [0.4, 0.5) is 0 Å². The maximum atomic E-state index is 4.28. The van der Waals surface area contributed by atoms with Crippen LogP contribution in [-0.4, -0.2) is 15.2 Å². The van der Waals surface area contributed by atoms with Gasteiger partial charge in [0.05, 0.1) is 17.1 Å². The summed E-state index contributed by atoms with van der Waals surface area (Å²) in [5.41, 5.74) is 0. The number of aromatic nitrogens is 3. The van der Waals surface area contributed by atoms with Crippen molar-refractivity contribution in [2.24, 2.45) is 0 Å². The topological polar surface area (TPSA) is 38.7 Å². The Morgan fingerprint density at radius 2 is 2.00 bits per heavy atom. The molecule has 0 aliphatic rings. The normalized spacial score (nSPS) is 11.1. The lowest BCUT2D eigenvalue weighted by Gasteiger charge is -1.86. The van der Waals surface area contributed by atoms with Crippen LogP contribution in [0.2, 0.25) is 0 Å². The van der Waals surface area contributed by atoms with Crippen molar-refractivity contribution in [1.82, 2.24) is 15.2 Å². The lowest BCUT2D eigenvalue weighted by atomic mass is 10.2. The van der Waals surface area contributed by atoms with Crippen molar-refractivity contribution in [3.8, 4) is 0 Å². The Hall–Kier alpha value is -1.55. The molecule has 13 heavy (non-hydrogen) atoms. The Morgan fingerprint density at radius 3 is 3.00 bits per heavy atom. The summed E-state index contributed by atoms with van der Waals surface area (Å²) < 4.78 is 1.14. The first-order valence-corrected chi connectivity index (χ1v) is 4.71. The van der Waals surface area contributed by atoms with E-state index < -0.39 is 0 Å². The van der Waals surface area contributed by atoms with Gasteiger partial charge in [-0.2, -0.15) is 10.2 Å². The Balaban J connectivity index is 2.64. The fourth-order valence-corrected chi connectivity index (χ4v) is 2.36. The van der Waals surface area contributed by atoms with Crippen molar-refractivity contribution >= 4 is 31.6 Å². The van der Waals surface area contributed by atoms with Gasteiger partial charge in [-0.05, 0) is 12.1 Å². The third-order valence-corrected chi connectivity index (χ3v) is 3.03. The summed E-state index contributed by atoms with van der Waals surface area (Å²) in [5.74, 6) is 0. The van der Waals surface area contributed by atoms with Crippen molar-refractivity contribution in [1.29, 1.82) is 0 Å². The van der Waals surface area contributed by atoms with Gasteiger partial charge in [0.15, 0.2) is 0 Å². The molecule has 3 rings (SSSR count). The van der Waals surface area contributed by atoms with Gasteiger partial charge >= 0.3 is 0 Å². The molecule has 0 aliphatic carbocycles. The molecular formula is C9H5N3S. The van der Waals surface area contributed by atoms with Gasteiger partial charge in [0.2, 0.25) is 0 Å². The van der Waals surface area contributed by atoms with Crippen LogP contribution in [0.5, 0.6) is 0 Å². The molecule has 3 heterocycles. The second-order valence-electron chi connectivity index (χ2n) is 2.73. The second kappa shape index (κ2) is 2.47. The minimum Gasteiger partial charge on any atom is -0.245 e. The fraction of sp³-hybridized carbons (Fsp3) is 0. The van der Waals surface area contributed by atoms with Crippen LogP contribution in [0.3, 0.4) is 0 Å². The van der Waals surface area contributed by atoms with Crippen LogP contribution in [0, 0.1) is 0 Å². The summed E-state index contributed by atoms with van der Waals surface area (Å²) in [6, 6.07) is 4.00. The highest BCUT2D eigenvalue weighted by Crippen LogP contribution is 2.30. The predicted molar refractivity (Wildman–Crippen MR) is 52.7 cm³/mol. The lowest BCUT2D eigenvalue weighted by Crippen LogP contribution is -1.75. The summed E-state index contributed by atoms with van der Waals surface area (Å²) >= 11 is 1.65. The largest absolute Gasteiger partial charge is 0.245 e. The molecule has 0 bridgehead atoms. The van der Waals surface area contributed by atoms with E-state index in [1.165, 1.54) is 0 Å². The van der Waals surface area contributed by atoms with Gasteiger partial charge in [-0.3, -0.25) is 0 Å². The molecule has 3 nitrogen and oxygen atoms in total. The molecule has 0 atom stereocenters. The van der Waals surface area contributed by atoms with Gasteiger partial charge in [0, 0.05) is 17.0 Å². The average Bonchev–Trinajstić information content (AvgIpc) is 2.56. The van der Waals surface area contributed by atoms with Crippen LogP contribution < -0.4 is 0 Å². The van der Waals surface area contributed by atoms with Crippen molar-refractivity contribution < 1.29 is 0 Å². The van der Waals surface area contributed by atoms with Gasteiger partial charge in [-0.25, -0.2) is 4.98 Å². The standard InChI is InChI=1S/C9H5N3S/c1-2-6-7-4-11-12-5-8(7)13-9(6)10-3-1/h1-5H. The molecule has 0 fully saturated rings. The molecule has 0 unspecified atom stereocenters. The second-order valence-corrected chi connectivity index (χ2v) is 3.76. The first-order chi connectivity index (χ1) is 6.45. The summed E-state index contributed by atoms with van der Waals surface area (Å²) in [4.78, 5) is 5.33. The third-order valence-electron chi connectivity index (χ3n) is 1.96. The van der Waals surface area contributed by atoms with Gasteiger partial charge in [0.1, 0.15) is 4.83 Å². The highest BCUT2D eigenvalue weighted by atomic mass is 32.1. The highest BCUT2D eigenvalue weighted by Gasteiger charge is 2.03. The minimum absolute atomic E-state index is 1.05. The zero-order chi connectivity index (χ0) is 8.67. The first kappa shape index (κ1) is 6.91. The number of pyridine rings is 1. The highest BCUT2D eigenvalue weighted by molar-refractivity contribution is 7.25. The maximum Gasteiger partial charge on any atom is 0.124 e. The molecule has 0 spiro atoms. The van der Waals surface area contributed by atoms with E-state index in [4.69, 9.17) is 0 Å². The van der Waals surface area contributed by atoms with Gasteiger partial charge < -0.3 is 0 Å². The first-order valence-electron chi connectivity index (χ1n) is 3.89. The molecule has 3 aromatic heterocycles. The molecule has 0 radical (unpaired) electrons. The third kappa shape index (κ3) is 0.922. The molecule has 0 aliphatic heterocycles. The minimum atomic E-state index is 1.05. The van der Waals surface area contributed by atoms with Crippen LogP contribution in [0.15, 0.2) is 30.7 Å². The number of fused-ring (bicyclic) bond motifs is 3. The Bertz CT molecular complexity index is 523. The van der Waals surface area contributed by atoms with E-state index in [1.54, 1.807) is 29.9 Å². The molecule has 3 aromatic rings. The van der Waals surface area contributed by atoms with Crippen LogP contribution >= 0.6 is 11.3 Å². The van der Waals surface area contributed by atoms with Crippen LogP contribution in [0.1, 0.15) is 0 Å². The number of nitrogens with zero attached hydrogens (tertiary/aromatic N) is 3. The van der Waals surface area contributed by atoms with E-state index in [0.29, 0.717) is 0 Å². The summed E-state index contributed by atoms with van der Waals surface area (Å²) in [5, 5.41) is 10.0. The van der Waals surface area contributed by atoms with Crippen molar-refractivity contribution in [2.75, 3.05) is 0 Å². The molecule has 0 saturated heterocycles. The smallest absolute Gasteiger partial charge is 0.124 e. The fourth-order valence-electron chi connectivity index (χ4n) is 1.37. The Kier molecular flexibility index (Phi) is 1.31. The zero-order valence-corrected chi connectivity index (χ0v) is 7.45. The summed E-state index contributed by atoms with van der Waals surface area (Å²) in [6.07, 6.45) is 5.37. The molecule has 62 valence electrons.